The fraction of sp³-hybridized carbons (Fsp3) is 0.400. The molecule has 2 aromatic heterocycles. The number of carbonyl (C=O) groups is 2. The predicted molar refractivity (Wildman–Crippen MR) is 89.1 cm³/mol. The number of rotatable bonds is 7. The zero-order chi connectivity index (χ0) is 21.3. The van der Waals surface area contributed by atoms with Crippen LogP contribution in [-0.2, 0) is 11.3 Å². The van der Waals surface area contributed by atoms with E-state index in [1.807, 2.05) is 16.9 Å². The highest BCUT2D eigenvalue weighted by atomic mass is 19.4. The summed E-state index contributed by atoms with van der Waals surface area (Å²) in [7, 11) is 1.39. The molecule has 0 aliphatic heterocycles. The Bertz CT molecular complexity index is 783. The van der Waals surface area contributed by atoms with Crippen molar-refractivity contribution < 1.29 is 37.7 Å². The number of carboxylic acids is 2. The van der Waals surface area contributed by atoms with Crippen LogP contribution in [0, 0.1) is 5.92 Å². The summed E-state index contributed by atoms with van der Waals surface area (Å²) < 4.78 is 38.7. The molecule has 1 unspecified atom stereocenters. The van der Waals surface area contributed by atoms with Crippen molar-refractivity contribution in [3.05, 3.63) is 30.5 Å². The number of anilines is 1. The van der Waals surface area contributed by atoms with Gasteiger partial charge in [0.05, 0.1) is 7.11 Å². The van der Waals surface area contributed by atoms with Crippen molar-refractivity contribution in [1.82, 2.24) is 19.7 Å². The topological polar surface area (TPSA) is 139 Å². The molecule has 0 aliphatic rings. The van der Waals surface area contributed by atoms with Gasteiger partial charge in [-0.1, -0.05) is 6.92 Å². The van der Waals surface area contributed by atoms with Crippen molar-refractivity contribution >= 4 is 17.8 Å². The average molecular weight is 405 g/mol. The number of methoxy groups -OCH3 is 1. The van der Waals surface area contributed by atoms with Gasteiger partial charge in [0.1, 0.15) is 6.33 Å². The Hall–Kier alpha value is -3.38. The summed E-state index contributed by atoms with van der Waals surface area (Å²) in [5.74, 6) is -3.12. The molecule has 0 bridgehead atoms. The van der Waals surface area contributed by atoms with E-state index in [2.05, 4.69) is 27.3 Å². The molecule has 2 aromatic rings. The fourth-order valence-corrected chi connectivity index (χ4v) is 1.91. The standard InChI is InChI=1S/C13H17N5O3.C2HF3O2/c1-9(7-18-5-3-4-17-18)6-14-12-11(21-2)10(13(19)20)15-8-16-12;3-2(4,5)1(6)7/h3-5,8-9H,6-7H2,1-2H3,(H,19,20)(H,14,15,16);(H,6,7). The maximum absolute atomic E-state index is 11.1. The van der Waals surface area contributed by atoms with Crippen LogP contribution in [0.25, 0.3) is 0 Å². The Morgan fingerprint density at radius 3 is 2.43 bits per heavy atom. The summed E-state index contributed by atoms with van der Waals surface area (Å²) in [6.07, 6.45) is -0.260. The summed E-state index contributed by atoms with van der Waals surface area (Å²) in [6.45, 7) is 3.41. The van der Waals surface area contributed by atoms with Gasteiger partial charge in [-0.05, 0) is 12.0 Å². The lowest BCUT2D eigenvalue weighted by atomic mass is 10.2. The van der Waals surface area contributed by atoms with E-state index in [1.54, 1.807) is 6.20 Å². The Labute approximate surface area is 157 Å². The van der Waals surface area contributed by atoms with Gasteiger partial charge in [0.25, 0.3) is 0 Å². The molecule has 154 valence electrons. The van der Waals surface area contributed by atoms with Crippen molar-refractivity contribution in [2.45, 2.75) is 19.6 Å². The normalized spacial score (nSPS) is 11.8. The molecule has 0 fully saturated rings. The highest BCUT2D eigenvalue weighted by Crippen LogP contribution is 2.24. The zero-order valence-electron chi connectivity index (χ0n) is 14.8. The molecule has 0 saturated carbocycles. The van der Waals surface area contributed by atoms with Crippen LogP contribution in [0.1, 0.15) is 17.4 Å². The van der Waals surface area contributed by atoms with Gasteiger partial charge in [-0.2, -0.15) is 18.3 Å². The van der Waals surface area contributed by atoms with Crippen molar-refractivity contribution in [3.8, 4) is 5.75 Å². The van der Waals surface area contributed by atoms with Crippen LogP contribution in [0.15, 0.2) is 24.8 Å². The Morgan fingerprint density at radius 2 is 1.96 bits per heavy atom. The molecular formula is C15H18F3N5O5. The second kappa shape index (κ2) is 10.1. The Morgan fingerprint density at radius 1 is 1.32 bits per heavy atom. The maximum atomic E-state index is 11.1. The first-order valence-corrected chi connectivity index (χ1v) is 7.70. The number of nitrogens with one attached hydrogen (secondary N) is 1. The number of nitrogens with zero attached hydrogens (tertiary/aromatic N) is 4. The molecule has 0 saturated heterocycles. The molecule has 28 heavy (non-hydrogen) atoms. The molecule has 10 nitrogen and oxygen atoms in total. The first-order valence-electron chi connectivity index (χ1n) is 7.70. The quantitative estimate of drug-likeness (QED) is 0.628. The van der Waals surface area contributed by atoms with E-state index in [9.17, 15) is 18.0 Å². The van der Waals surface area contributed by atoms with Crippen LogP contribution in [0.4, 0.5) is 19.0 Å². The summed E-state index contributed by atoms with van der Waals surface area (Å²) >= 11 is 0. The van der Waals surface area contributed by atoms with E-state index in [0.29, 0.717) is 12.4 Å². The SMILES string of the molecule is COc1c(NCC(C)Cn2cccn2)ncnc1C(=O)O.O=C(O)C(F)(F)F. The Balaban J connectivity index is 0.000000480. The largest absolute Gasteiger partial charge is 0.491 e. The smallest absolute Gasteiger partial charge is 0.490 e. The van der Waals surface area contributed by atoms with E-state index in [-0.39, 0.29) is 17.4 Å². The molecule has 1 atom stereocenters. The van der Waals surface area contributed by atoms with E-state index >= 15 is 0 Å². The number of hydrogen-bond donors (Lipinski definition) is 3. The number of hydrogen-bond acceptors (Lipinski definition) is 7. The lowest BCUT2D eigenvalue weighted by Crippen LogP contribution is -2.21. The van der Waals surface area contributed by atoms with Gasteiger partial charge in [0.15, 0.2) is 17.3 Å². The van der Waals surface area contributed by atoms with Gasteiger partial charge in [0.2, 0.25) is 0 Å². The minimum atomic E-state index is -5.08. The molecule has 0 amide bonds. The van der Waals surface area contributed by atoms with Gasteiger partial charge in [-0.3, -0.25) is 4.68 Å². The van der Waals surface area contributed by atoms with Gasteiger partial charge < -0.3 is 20.3 Å². The highest BCUT2D eigenvalue weighted by Gasteiger charge is 2.38. The van der Waals surface area contributed by atoms with Crippen LogP contribution in [0.3, 0.4) is 0 Å². The molecule has 0 aromatic carbocycles. The highest BCUT2D eigenvalue weighted by molar-refractivity contribution is 5.90. The number of carboxylic acid groups (broad SMARTS) is 2. The van der Waals surface area contributed by atoms with Crippen LogP contribution in [0.5, 0.6) is 5.75 Å². The third kappa shape index (κ3) is 7.09. The van der Waals surface area contributed by atoms with Crippen LogP contribution >= 0.6 is 0 Å². The van der Waals surface area contributed by atoms with Crippen LogP contribution in [0.2, 0.25) is 0 Å². The number of aromatic carboxylic acids is 1. The first-order chi connectivity index (χ1) is 13.1. The number of aromatic nitrogens is 4. The van der Waals surface area contributed by atoms with Gasteiger partial charge in [-0.25, -0.2) is 19.6 Å². The van der Waals surface area contributed by atoms with E-state index in [4.69, 9.17) is 19.7 Å². The van der Waals surface area contributed by atoms with Gasteiger partial charge in [-0.15, -0.1) is 0 Å². The van der Waals surface area contributed by atoms with Crippen molar-refractivity contribution in [2.75, 3.05) is 19.0 Å². The monoisotopic (exact) mass is 405 g/mol. The molecule has 2 rings (SSSR count). The molecule has 2 heterocycles. The fourth-order valence-electron chi connectivity index (χ4n) is 1.91. The number of alkyl halides is 3. The summed E-state index contributed by atoms with van der Waals surface area (Å²) in [4.78, 5) is 27.7. The van der Waals surface area contributed by atoms with Gasteiger partial charge in [0, 0.05) is 25.5 Å². The molecule has 13 heteroatoms. The average Bonchev–Trinajstić information content (AvgIpc) is 3.12. The number of aliphatic carboxylic acids is 1. The predicted octanol–water partition coefficient (Wildman–Crippen LogP) is 1.76. The second-order valence-electron chi connectivity index (χ2n) is 5.43. The van der Waals surface area contributed by atoms with E-state index < -0.39 is 18.1 Å². The first kappa shape index (κ1) is 22.7. The Kier molecular flexibility index (Phi) is 8.16. The summed E-state index contributed by atoms with van der Waals surface area (Å²) in [5, 5.41) is 23.4. The van der Waals surface area contributed by atoms with Crippen LogP contribution in [-0.4, -0.2) is 61.7 Å². The molecule has 3 N–H and O–H groups in total. The van der Waals surface area contributed by atoms with Crippen molar-refractivity contribution in [2.24, 2.45) is 5.92 Å². The van der Waals surface area contributed by atoms with Crippen molar-refractivity contribution in [3.63, 3.8) is 0 Å². The van der Waals surface area contributed by atoms with Gasteiger partial charge >= 0.3 is 18.1 Å². The number of halogens is 3. The van der Waals surface area contributed by atoms with Crippen LogP contribution < -0.4 is 10.1 Å². The molecular weight excluding hydrogens is 387 g/mol. The minimum Gasteiger partial charge on any atom is -0.491 e. The third-order valence-corrected chi connectivity index (χ3v) is 3.13. The molecule has 0 aliphatic carbocycles. The molecule has 0 spiro atoms. The minimum absolute atomic E-state index is 0.135. The summed E-state index contributed by atoms with van der Waals surface area (Å²) in [5.41, 5.74) is -0.158. The zero-order valence-corrected chi connectivity index (χ0v) is 14.8. The molecule has 0 radical (unpaired) electrons. The summed E-state index contributed by atoms with van der Waals surface area (Å²) in [6, 6.07) is 1.87. The van der Waals surface area contributed by atoms with Crippen molar-refractivity contribution in [1.29, 1.82) is 0 Å². The number of ether oxygens (including phenoxy) is 1. The third-order valence-electron chi connectivity index (χ3n) is 3.13. The maximum Gasteiger partial charge on any atom is 0.490 e. The lowest BCUT2D eigenvalue weighted by molar-refractivity contribution is -0.192. The van der Waals surface area contributed by atoms with E-state index in [1.165, 1.54) is 13.4 Å². The lowest BCUT2D eigenvalue weighted by Gasteiger charge is -2.15. The second-order valence-corrected chi connectivity index (χ2v) is 5.43. The van der Waals surface area contributed by atoms with E-state index in [0.717, 1.165) is 6.54 Å².